The third-order valence-corrected chi connectivity index (χ3v) is 4.87. The fourth-order valence-electron chi connectivity index (χ4n) is 2.40. The van der Waals surface area contributed by atoms with Crippen LogP contribution in [0.25, 0.3) is 0 Å². The molecule has 10 heteroatoms. The molecule has 0 aliphatic heterocycles. The van der Waals surface area contributed by atoms with Gasteiger partial charge in [0.2, 0.25) is 0 Å². The Morgan fingerprint density at radius 1 is 0.933 bits per heavy atom. The Morgan fingerprint density at radius 2 is 1.53 bits per heavy atom. The number of nitrogens with one attached hydrogen (secondary N) is 4. The normalized spacial score (nSPS) is 9.57. The number of thiocyanates is 1. The van der Waals surface area contributed by atoms with E-state index < -0.39 is 0 Å². The fraction of sp³-hybridized carbons (Fsp3) is 0.200. The Labute approximate surface area is 196 Å². The summed E-state index contributed by atoms with van der Waals surface area (Å²) in [6.45, 7) is 1.50. The second-order valence-electron chi connectivity index (χ2n) is 5.94. The number of thioether (sulfide) groups is 1. The van der Waals surface area contributed by atoms with Gasteiger partial charge in [0.1, 0.15) is 5.40 Å². The molecular formula is C20H20N6S4. The summed E-state index contributed by atoms with van der Waals surface area (Å²) in [6.07, 6.45) is 1.86. The third kappa shape index (κ3) is 9.31. The van der Waals surface area contributed by atoms with E-state index in [4.69, 9.17) is 29.7 Å². The topological polar surface area (TPSA) is 84.3 Å². The first kappa shape index (κ1) is 23.7. The van der Waals surface area contributed by atoms with Crippen molar-refractivity contribution >= 4 is 80.9 Å². The van der Waals surface area contributed by atoms with Gasteiger partial charge in [-0.05, 0) is 97.7 Å². The van der Waals surface area contributed by atoms with Crippen LogP contribution in [-0.4, -0.2) is 28.5 Å². The molecule has 4 N–H and O–H groups in total. The Balaban J connectivity index is 1.60. The zero-order valence-electron chi connectivity index (χ0n) is 16.0. The molecule has 0 fully saturated rings. The number of unbranched alkanes of at least 4 members (excludes halogenated alkanes) is 1. The number of isothiocyanates is 1. The number of anilines is 2. The lowest BCUT2D eigenvalue weighted by atomic mass is 10.3. The molecule has 0 saturated heterocycles. The number of hydrogen-bond donors (Lipinski definition) is 4. The highest BCUT2D eigenvalue weighted by Crippen LogP contribution is 2.20. The molecule has 30 heavy (non-hydrogen) atoms. The molecule has 0 heterocycles. The lowest BCUT2D eigenvalue weighted by Crippen LogP contribution is -2.31. The van der Waals surface area contributed by atoms with Crippen molar-refractivity contribution in [3.8, 4) is 5.40 Å². The minimum atomic E-state index is 0.554. The average Bonchev–Trinajstić information content (AvgIpc) is 2.71. The number of nitriles is 1. The van der Waals surface area contributed by atoms with Crippen LogP contribution in [0, 0.1) is 10.7 Å². The molecule has 0 bridgehead atoms. The molecule has 0 unspecified atom stereocenters. The van der Waals surface area contributed by atoms with Gasteiger partial charge in [-0.25, -0.2) is 0 Å². The van der Waals surface area contributed by atoms with Crippen LogP contribution in [0.1, 0.15) is 12.8 Å². The molecule has 6 nitrogen and oxygen atoms in total. The molecule has 0 aliphatic rings. The molecule has 0 atom stereocenters. The SMILES string of the molecule is N#CSc1cccc(NC(=S)NCCCCNC(=S)Nc2cccc(N=C=S)c2)c1. The minimum Gasteiger partial charge on any atom is -0.362 e. The van der Waals surface area contributed by atoms with Crippen molar-refractivity contribution in [1.82, 2.24) is 10.6 Å². The summed E-state index contributed by atoms with van der Waals surface area (Å²) in [4.78, 5) is 4.82. The first-order valence-electron chi connectivity index (χ1n) is 9.04. The van der Waals surface area contributed by atoms with E-state index in [0.29, 0.717) is 10.2 Å². The molecule has 0 saturated carbocycles. The Hall–Kier alpha value is -2.54. The minimum absolute atomic E-state index is 0.554. The van der Waals surface area contributed by atoms with Crippen molar-refractivity contribution in [3.63, 3.8) is 0 Å². The molecule has 0 aliphatic carbocycles. The summed E-state index contributed by atoms with van der Waals surface area (Å²) < 4.78 is 0. The van der Waals surface area contributed by atoms with E-state index in [1.165, 1.54) is 0 Å². The van der Waals surface area contributed by atoms with Gasteiger partial charge in [-0.3, -0.25) is 0 Å². The van der Waals surface area contributed by atoms with Crippen molar-refractivity contribution in [3.05, 3.63) is 48.5 Å². The van der Waals surface area contributed by atoms with E-state index in [0.717, 1.165) is 59.7 Å². The number of nitrogens with zero attached hydrogens (tertiary/aromatic N) is 2. The first-order chi connectivity index (χ1) is 14.6. The van der Waals surface area contributed by atoms with Gasteiger partial charge in [0, 0.05) is 29.4 Å². The number of benzene rings is 2. The van der Waals surface area contributed by atoms with Crippen LogP contribution in [0.2, 0.25) is 0 Å². The van der Waals surface area contributed by atoms with Crippen LogP contribution in [0.5, 0.6) is 0 Å². The van der Waals surface area contributed by atoms with Gasteiger partial charge >= 0.3 is 0 Å². The van der Waals surface area contributed by atoms with Crippen molar-refractivity contribution in [1.29, 1.82) is 5.26 Å². The Bertz CT molecular complexity index is 966. The molecule has 2 rings (SSSR count). The standard InChI is InChI=1S/C20H20N6S4/c21-13-30-18-8-4-7-17(12-18)26-20(29)23-10-2-1-9-22-19(28)25-16-6-3-5-15(11-16)24-14-27/h3-8,11-12H,1-2,9-10H2,(H2,22,25,28)(H2,23,26,29). The molecule has 2 aromatic carbocycles. The smallest absolute Gasteiger partial charge is 0.170 e. The molecule has 0 spiro atoms. The second-order valence-corrected chi connectivity index (χ2v) is 7.80. The van der Waals surface area contributed by atoms with Crippen molar-refractivity contribution in [2.75, 3.05) is 23.7 Å². The summed E-state index contributed by atoms with van der Waals surface area (Å²) >= 11 is 16.3. The highest BCUT2D eigenvalue weighted by atomic mass is 32.2. The highest BCUT2D eigenvalue weighted by molar-refractivity contribution is 8.03. The average molecular weight is 473 g/mol. The predicted molar refractivity (Wildman–Crippen MR) is 137 cm³/mol. The summed E-state index contributed by atoms with van der Waals surface area (Å²) in [5.74, 6) is 0. The fourth-order valence-corrected chi connectivity index (χ4v) is 3.38. The van der Waals surface area contributed by atoms with Crippen LogP contribution < -0.4 is 21.3 Å². The first-order valence-corrected chi connectivity index (χ1v) is 11.1. The van der Waals surface area contributed by atoms with E-state index in [9.17, 15) is 0 Å². The number of aliphatic imine (C=N–C) groups is 1. The van der Waals surface area contributed by atoms with Gasteiger partial charge < -0.3 is 21.3 Å². The lowest BCUT2D eigenvalue weighted by molar-refractivity contribution is 0.694. The van der Waals surface area contributed by atoms with E-state index in [2.05, 4.69) is 49.0 Å². The van der Waals surface area contributed by atoms with Gasteiger partial charge in [0.25, 0.3) is 0 Å². The largest absolute Gasteiger partial charge is 0.362 e. The van der Waals surface area contributed by atoms with Gasteiger partial charge in [-0.15, -0.1) is 0 Å². The van der Waals surface area contributed by atoms with E-state index in [1.807, 2.05) is 48.5 Å². The Morgan fingerprint density at radius 3 is 2.13 bits per heavy atom. The maximum absolute atomic E-state index is 8.75. The second kappa shape index (κ2) is 13.6. The van der Waals surface area contributed by atoms with Crippen LogP contribution in [0.4, 0.5) is 17.1 Å². The zero-order valence-corrected chi connectivity index (χ0v) is 19.2. The maximum atomic E-state index is 8.75. The zero-order chi connectivity index (χ0) is 21.6. The summed E-state index contributed by atoms with van der Waals surface area (Å²) in [5, 5.41) is 26.9. The van der Waals surface area contributed by atoms with Gasteiger partial charge in [0.15, 0.2) is 10.2 Å². The quantitative estimate of drug-likeness (QED) is 0.132. The number of hydrogen-bond acceptors (Lipinski definition) is 6. The lowest BCUT2D eigenvalue weighted by Gasteiger charge is -2.12. The van der Waals surface area contributed by atoms with Gasteiger partial charge in [-0.1, -0.05) is 12.1 Å². The summed E-state index contributed by atoms with van der Waals surface area (Å²) in [6, 6.07) is 15.0. The van der Waals surface area contributed by atoms with Crippen LogP contribution in [0.15, 0.2) is 58.4 Å². The van der Waals surface area contributed by atoms with Crippen LogP contribution >= 0.6 is 48.4 Å². The van der Waals surface area contributed by atoms with E-state index >= 15 is 0 Å². The summed E-state index contributed by atoms with van der Waals surface area (Å²) in [7, 11) is 0. The third-order valence-electron chi connectivity index (χ3n) is 3.71. The summed E-state index contributed by atoms with van der Waals surface area (Å²) in [5.41, 5.74) is 2.42. The van der Waals surface area contributed by atoms with Crippen molar-refractivity contribution in [2.24, 2.45) is 4.99 Å². The molecule has 0 radical (unpaired) electrons. The highest BCUT2D eigenvalue weighted by Gasteiger charge is 2.01. The molecule has 0 aromatic heterocycles. The molecule has 154 valence electrons. The number of thiocarbonyl (C=S) groups is 3. The molecule has 2 aromatic rings. The van der Waals surface area contributed by atoms with Gasteiger partial charge in [-0.2, -0.15) is 10.3 Å². The van der Waals surface area contributed by atoms with Crippen LogP contribution in [-0.2, 0) is 0 Å². The maximum Gasteiger partial charge on any atom is 0.170 e. The van der Waals surface area contributed by atoms with Crippen molar-refractivity contribution in [2.45, 2.75) is 17.7 Å². The monoisotopic (exact) mass is 472 g/mol. The number of rotatable bonds is 9. The Kier molecular flexibility index (Phi) is 10.8. The van der Waals surface area contributed by atoms with E-state index in [-0.39, 0.29) is 0 Å². The van der Waals surface area contributed by atoms with E-state index in [1.54, 1.807) is 0 Å². The van der Waals surface area contributed by atoms with Gasteiger partial charge in [0.05, 0.1) is 10.8 Å². The molecule has 0 amide bonds. The van der Waals surface area contributed by atoms with Crippen molar-refractivity contribution < 1.29 is 0 Å². The van der Waals surface area contributed by atoms with Crippen LogP contribution in [0.3, 0.4) is 0 Å². The molecular weight excluding hydrogens is 453 g/mol. The predicted octanol–water partition coefficient (Wildman–Crippen LogP) is 5.05.